The van der Waals surface area contributed by atoms with Gasteiger partial charge in [-0.1, -0.05) is 29.8 Å². The van der Waals surface area contributed by atoms with Crippen LogP contribution in [0.1, 0.15) is 15.9 Å². The fraction of sp³-hybridized carbons (Fsp3) is 0.182. The highest BCUT2D eigenvalue weighted by molar-refractivity contribution is 6.33. The first kappa shape index (κ1) is 11.8. The maximum Gasteiger partial charge on any atom is 0.339 e. The Kier molecular flexibility index (Phi) is 4.34. The molecule has 0 aromatic heterocycles. The minimum absolute atomic E-state index is 0.0455. The van der Waals surface area contributed by atoms with Crippen LogP contribution in [0.25, 0.3) is 6.08 Å². The number of aliphatic hydroxyl groups is 1. The Hall–Kier alpha value is -1.32. The summed E-state index contributed by atoms with van der Waals surface area (Å²) in [6.45, 7) is -0.0455. The lowest BCUT2D eigenvalue weighted by atomic mass is 10.1. The van der Waals surface area contributed by atoms with Gasteiger partial charge in [0, 0.05) is 0 Å². The van der Waals surface area contributed by atoms with Crippen LogP contribution < -0.4 is 0 Å². The number of halogens is 1. The summed E-state index contributed by atoms with van der Waals surface area (Å²) >= 11 is 5.83. The van der Waals surface area contributed by atoms with E-state index in [1.165, 1.54) is 7.11 Å². The SMILES string of the molecule is COC(=O)c1cc(C=CCO)ccc1Cl. The average molecular weight is 227 g/mol. The molecule has 0 heterocycles. The van der Waals surface area contributed by atoms with Crippen molar-refractivity contribution in [2.45, 2.75) is 0 Å². The molecule has 0 fully saturated rings. The Morgan fingerprint density at radius 3 is 2.93 bits per heavy atom. The van der Waals surface area contributed by atoms with E-state index in [1.807, 2.05) is 0 Å². The summed E-state index contributed by atoms with van der Waals surface area (Å²) in [5.41, 5.74) is 1.10. The number of benzene rings is 1. The third-order valence-electron chi connectivity index (χ3n) is 1.81. The minimum Gasteiger partial charge on any atom is -0.465 e. The van der Waals surface area contributed by atoms with E-state index >= 15 is 0 Å². The first-order chi connectivity index (χ1) is 7.19. The smallest absolute Gasteiger partial charge is 0.339 e. The molecule has 80 valence electrons. The third kappa shape index (κ3) is 3.08. The number of hydrogen-bond acceptors (Lipinski definition) is 3. The van der Waals surface area contributed by atoms with Gasteiger partial charge in [0.05, 0.1) is 24.3 Å². The topological polar surface area (TPSA) is 46.5 Å². The molecule has 3 nitrogen and oxygen atoms in total. The number of aliphatic hydroxyl groups excluding tert-OH is 1. The molecule has 0 aliphatic carbocycles. The van der Waals surface area contributed by atoms with Gasteiger partial charge in [0.2, 0.25) is 0 Å². The second kappa shape index (κ2) is 5.53. The second-order valence-electron chi connectivity index (χ2n) is 2.82. The van der Waals surface area contributed by atoms with Crippen molar-refractivity contribution in [1.82, 2.24) is 0 Å². The molecular formula is C11H11ClO3. The van der Waals surface area contributed by atoms with Crippen LogP contribution in [0.5, 0.6) is 0 Å². The van der Waals surface area contributed by atoms with E-state index in [4.69, 9.17) is 16.7 Å². The Balaban J connectivity index is 3.05. The molecule has 15 heavy (non-hydrogen) atoms. The summed E-state index contributed by atoms with van der Waals surface area (Å²) in [5, 5.41) is 8.95. The van der Waals surface area contributed by atoms with Gasteiger partial charge in [0.25, 0.3) is 0 Å². The summed E-state index contributed by atoms with van der Waals surface area (Å²) < 4.78 is 4.58. The number of esters is 1. The van der Waals surface area contributed by atoms with Gasteiger partial charge in [-0.2, -0.15) is 0 Å². The van der Waals surface area contributed by atoms with Crippen molar-refractivity contribution in [2.24, 2.45) is 0 Å². The summed E-state index contributed by atoms with van der Waals surface area (Å²) in [6.07, 6.45) is 3.27. The van der Waals surface area contributed by atoms with E-state index in [2.05, 4.69) is 4.74 Å². The molecule has 4 heteroatoms. The normalized spacial score (nSPS) is 10.6. The van der Waals surface area contributed by atoms with E-state index in [0.717, 1.165) is 5.56 Å². The average Bonchev–Trinajstić information content (AvgIpc) is 2.27. The van der Waals surface area contributed by atoms with Crippen molar-refractivity contribution in [3.8, 4) is 0 Å². The fourth-order valence-corrected chi connectivity index (χ4v) is 1.30. The lowest BCUT2D eigenvalue weighted by Crippen LogP contribution is -2.02. The Labute approximate surface area is 92.9 Å². The first-order valence-corrected chi connectivity index (χ1v) is 4.72. The molecule has 0 saturated heterocycles. The van der Waals surface area contributed by atoms with E-state index in [0.29, 0.717) is 10.6 Å². The quantitative estimate of drug-likeness (QED) is 0.804. The van der Waals surface area contributed by atoms with Crippen LogP contribution in [0.4, 0.5) is 0 Å². The van der Waals surface area contributed by atoms with Gasteiger partial charge >= 0.3 is 5.97 Å². The number of hydrogen-bond donors (Lipinski definition) is 1. The zero-order chi connectivity index (χ0) is 11.3. The van der Waals surface area contributed by atoms with Crippen LogP contribution >= 0.6 is 11.6 Å². The highest BCUT2D eigenvalue weighted by Crippen LogP contribution is 2.19. The lowest BCUT2D eigenvalue weighted by molar-refractivity contribution is 0.0601. The highest BCUT2D eigenvalue weighted by Gasteiger charge is 2.10. The van der Waals surface area contributed by atoms with Gasteiger partial charge in [0.1, 0.15) is 0 Å². The molecule has 0 aliphatic heterocycles. The predicted octanol–water partition coefficient (Wildman–Crippen LogP) is 2.13. The van der Waals surface area contributed by atoms with Gasteiger partial charge in [-0.25, -0.2) is 4.79 Å². The first-order valence-electron chi connectivity index (χ1n) is 4.34. The van der Waals surface area contributed by atoms with Crippen LogP contribution in [0.3, 0.4) is 0 Å². The number of carbonyl (C=O) groups is 1. The van der Waals surface area contributed by atoms with E-state index in [9.17, 15) is 4.79 Å². The van der Waals surface area contributed by atoms with Gasteiger partial charge in [-0.3, -0.25) is 0 Å². The molecule has 0 spiro atoms. The van der Waals surface area contributed by atoms with E-state index in [1.54, 1.807) is 30.4 Å². The highest BCUT2D eigenvalue weighted by atomic mass is 35.5. The molecule has 0 amide bonds. The van der Waals surface area contributed by atoms with Gasteiger partial charge < -0.3 is 9.84 Å². The Morgan fingerprint density at radius 1 is 1.60 bits per heavy atom. The van der Waals surface area contributed by atoms with Crippen LogP contribution in [-0.2, 0) is 4.74 Å². The number of ether oxygens (including phenoxy) is 1. The summed E-state index contributed by atoms with van der Waals surface area (Å²) in [4.78, 5) is 11.3. The van der Waals surface area contributed by atoms with Gasteiger partial charge in [0.15, 0.2) is 0 Å². The molecular weight excluding hydrogens is 216 g/mol. The van der Waals surface area contributed by atoms with Crippen molar-refractivity contribution in [1.29, 1.82) is 0 Å². The summed E-state index contributed by atoms with van der Waals surface area (Å²) in [6, 6.07) is 4.98. The monoisotopic (exact) mass is 226 g/mol. The second-order valence-corrected chi connectivity index (χ2v) is 3.22. The minimum atomic E-state index is -0.473. The molecule has 0 atom stereocenters. The zero-order valence-corrected chi connectivity index (χ0v) is 8.99. The lowest BCUT2D eigenvalue weighted by Gasteiger charge is -2.03. The van der Waals surface area contributed by atoms with Crippen LogP contribution in [0.2, 0.25) is 5.02 Å². The van der Waals surface area contributed by atoms with Crippen molar-refractivity contribution in [2.75, 3.05) is 13.7 Å². The number of rotatable bonds is 3. The Bertz CT molecular complexity index is 385. The van der Waals surface area contributed by atoms with Crippen molar-refractivity contribution < 1.29 is 14.6 Å². The standard InChI is InChI=1S/C11H11ClO3/c1-15-11(14)9-7-8(3-2-6-13)4-5-10(9)12/h2-5,7,13H,6H2,1H3. The van der Waals surface area contributed by atoms with Gasteiger partial charge in [-0.05, 0) is 17.7 Å². The van der Waals surface area contributed by atoms with Gasteiger partial charge in [-0.15, -0.1) is 0 Å². The van der Waals surface area contributed by atoms with Crippen LogP contribution in [0, 0.1) is 0 Å². The molecule has 0 aliphatic rings. The zero-order valence-electron chi connectivity index (χ0n) is 8.24. The van der Waals surface area contributed by atoms with Crippen molar-refractivity contribution >= 4 is 23.6 Å². The van der Waals surface area contributed by atoms with E-state index < -0.39 is 5.97 Å². The summed E-state index contributed by atoms with van der Waals surface area (Å²) in [5.74, 6) is -0.473. The Morgan fingerprint density at radius 2 is 2.33 bits per heavy atom. The van der Waals surface area contributed by atoms with Crippen LogP contribution in [-0.4, -0.2) is 24.8 Å². The number of methoxy groups -OCH3 is 1. The molecule has 1 aromatic carbocycles. The van der Waals surface area contributed by atoms with Crippen molar-refractivity contribution in [3.05, 3.63) is 40.4 Å². The third-order valence-corrected chi connectivity index (χ3v) is 2.14. The molecule has 1 aromatic rings. The largest absolute Gasteiger partial charge is 0.465 e. The van der Waals surface area contributed by atoms with Crippen molar-refractivity contribution in [3.63, 3.8) is 0 Å². The summed E-state index contributed by atoms with van der Waals surface area (Å²) in [7, 11) is 1.30. The van der Waals surface area contributed by atoms with Crippen LogP contribution in [0.15, 0.2) is 24.3 Å². The molecule has 1 N–H and O–H groups in total. The molecule has 0 unspecified atom stereocenters. The van der Waals surface area contributed by atoms with E-state index in [-0.39, 0.29) is 6.61 Å². The molecule has 1 rings (SSSR count). The molecule has 0 radical (unpaired) electrons. The molecule has 0 saturated carbocycles. The predicted molar refractivity (Wildman–Crippen MR) is 58.9 cm³/mol. The maximum atomic E-state index is 11.3. The maximum absolute atomic E-state index is 11.3. The molecule has 0 bridgehead atoms. The fourth-order valence-electron chi connectivity index (χ4n) is 1.10. The number of carbonyl (C=O) groups excluding carboxylic acids is 1.